The molecule has 1 saturated carbocycles. The summed E-state index contributed by atoms with van der Waals surface area (Å²) in [6, 6.07) is 59.7. The molecule has 2 aliphatic rings. The van der Waals surface area contributed by atoms with Crippen molar-refractivity contribution in [1.29, 1.82) is 0 Å². The van der Waals surface area contributed by atoms with E-state index in [9.17, 15) is 0 Å². The van der Waals surface area contributed by atoms with Crippen LogP contribution in [0.1, 0.15) is 69.7 Å². The number of hydrogen-bond donors (Lipinski definition) is 0. The number of nitrogens with zero attached hydrogens (tertiary/aromatic N) is 2. The first kappa shape index (κ1) is 34.3. The van der Waals surface area contributed by atoms with E-state index in [4.69, 9.17) is 0 Å². The minimum atomic E-state index is 0.434. The minimum absolute atomic E-state index is 0.434. The molecule has 266 valence electrons. The Morgan fingerprint density at radius 2 is 1.24 bits per heavy atom. The molecule has 0 N–H and O–H groups in total. The van der Waals surface area contributed by atoms with Gasteiger partial charge in [-0.05, 0) is 123 Å². The Morgan fingerprint density at radius 1 is 0.600 bits per heavy atom. The van der Waals surface area contributed by atoms with Gasteiger partial charge in [-0.2, -0.15) is 0 Å². The molecule has 9 rings (SSSR count). The van der Waals surface area contributed by atoms with Crippen LogP contribution in [-0.4, -0.2) is 11.0 Å². The number of anilines is 2. The van der Waals surface area contributed by atoms with Crippen molar-refractivity contribution in [2.75, 3.05) is 4.90 Å². The molecule has 55 heavy (non-hydrogen) atoms. The Morgan fingerprint density at radius 3 is 1.89 bits per heavy atom. The molecule has 1 aliphatic carbocycles. The lowest BCUT2D eigenvalue weighted by Crippen LogP contribution is -2.26. The second kappa shape index (κ2) is 15.5. The summed E-state index contributed by atoms with van der Waals surface area (Å²) < 4.78 is 0. The number of allylic oxidation sites excluding steroid dienone is 2. The first-order chi connectivity index (χ1) is 27.2. The van der Waals surface area contributed by atoms with E-state index in [0.29, 0.717) is 12.0 Å². The highest BCUT2D eigenvalue weighted by molar-refractivity contribution is 5.94. The van der Waals surface area contributed by atoms with Gasteiger partial charge >= 0.3 is 0 Å². The molecule has 1 aromatic heterocycles. The molecular weight excluding hydrogens is 665 g/mol. The maximum atomic E-state index is 4.39. The van der Waals surface area contributed by atoms with Gasteiger partial charge in [0.25, 0.3) is 0 Å². The van der Waals surface area contributed by atoms with E-state index < -0.39 is 0 Å². The third kappa shape index (κ3) is 7.12. The lowest BCUT2D eigenvalue weighted by molar-refractivity contribution is 0.642. The molecule has 1 aliphatic heterocycles. The third-order valence-electron chi connectivity index (χ3n) is 11.2. The normalized spacial score (nSPS) is 16.2. The van der Waals surface area contributed by atoms with Gasteiger partial charge in [-0.1, -0.05) is 158 Å². The van der Waals surface area contributed by atoms with Crippen molar-refractivity contribution in [3.8, 4) is 11.1 Å². The van der Waals surface area contributed by atoms with Crippen molar-refractivity contribution >= 4 is 34.7 Å². The van der Waals surface area contributed by atoms with Crippen LogP contribution >= 0.6 is 0 Å². The molecule has 1 fully saturated rings. The van der Waals surface area contributed by atoms with E-state index in [0.717, 1.165) is 0 Å². The topological polar surface area (TPSA) is 16.1 Å². The Kier molecular flexibility index (Phi) is 9.63. The molecular formula is C53H44N2. The lowest BCUT2D eigenvalue weighted by atomic mass is 9.87. The third-order valence-corrected chi connectivity index (χ3v) is 11.2. The molecule has 0 bridgehead atoms. The molecule has 0 saturated heterocycles. The van der Waals surface area contributed by atoms with Crippen molar-refractivity contribution in [3.63, 3.8) is 0 Å². The second-order valence-electron chi connectivity index (χ2n) is 14.8. The van der Waals surface area contributed by atoms with Crippen molar-refractivity contribution < 1.29 is 0 Å². The fourth-order valence-electron chi connectivity index (χ4n) is 8.72. The lowest BCUT2D eigenvalue weighted by Gasteiger charge is -2.27. The molecule has 2 atom stereocenters. The van der Waals surface area contributed by atoms with Crippen molar-refractivity contribution in [2.24, 2.45) is 0 Å². The van der Waals surface area contributed by atoms with Gasteiger partial charge in [0.1, 0.15) is 0 Å². The fourth-order valence-corrected chi connectivity index (χ4v) is 8.72. The smallest absolute Gasteiger partial charge is 0.0462 e. The maximum absolute atomic E-state index is 4.39. The van der Waals surface area contributed by atoms with Gasteiger partial charge in [0.2, 0.25) is 0 Å². The van der Waals surface area contributed by atoms with E-state index in [-0.39, 0.29) is 0 Å². The molecule has 2 heterocycles. The maximum Gasteiger partial charge on any atom is 0.0462 e. The summed E-state index contributed by atoms with van der Waals surface area (Å²) >= 11 is 0. The highest BCUT2D eigenvalue weighted by Gasteiger charge is 2.43. The number of aromatic nitrogens is 1. The first-order valence-corrected chi connectivity index (χ1v) is 19.5. The summed E-state index contributed by atoms with van der Waals surface area (Å²) in [6.45, 7) is 2.17. The Balaban J connectivity index is 1.12. The van der Waals surface area contributed by atoms with Crippen LogP contribution in [0.15, 0.2) is 188 Å². The number of rotatable bonds is 9. The number of fused-ring (bicyclic) bond motifs is 3. The zero-order valence-corrected chi connectivity index (χ0v) is 31.2. The SMILES string of the molecule is Cc1cccc(/C(=C\c2cc(-c3ccncc3)c3c(c2)N(c2ccc(/C=C/C=C(c4ccccc4)c4ccccc4)cc2)C2CCCC32)c2ccccc2)c1. The molecule has 0 spiro atoms. The monoisotopic (exact) mass is 708 g/mol. The van der Waals surface area contributed by atoms with Gasteiger partial charge in [0, 0.05) is 35.7 Å². The summed E-state index contributed by atoms with van der Waals surface area (Å²) in [5.41, 5.74) is 17.5. The van der Waals surface area contributed by atoms with Crippen molar-refractivity contribution in [1.82, 2.24) is 4.98 Å². The van der Waals surface area contributed by atoms with Gasteiger partial charge in [0.15, 0.2) is 0 Å². The summed E-state index contributed by atoms with van der Waals surface area (Å²) in [5, 5.41) is 0. The highest BCUT2D eigenvalue weighted by atomic mass is 15.2. The van der Waals surface area contributed by atoms with E-state index >= 15 is 0 Å². The Hall–Kier alpha value is -6.51. The number of aryl methyl sites for hydroxylation is 1. The predicted molar refractivity (Wildman–Crippen MR) is 232 cm³/mol. The average Bonchev–Trinajstić information content (AvgIpc) is 3.84. The molecule has 2 unspecified atom stereocenters. The quantitative estimate of drug-likeness (QED) is 0.110. The molecule has 2 nitrogen and oxygen atoms in total. The predicted octanol–water partition coefficient (Wildman–Crippen LogP) is 13.6. The highest BCUT2D eigenvalue weighted by Crippen LogP contribution is 2.55. The fraction of sp³-hybridized carbons (Fsp3) is 0.113. The Bertz CT molecular complexity index is 2450. The molecule has 7 aromatic rings. The van der Waals surface area contributed by atoms with E-state index in [1.807, 2.05) is 12.4 Å². The van der Waals surface area contributed by atoms with E-state index in [2.05, 4.69) is 205 Å². The molecule has 2 heteroatoms. The van der Waals surface area contributed by atoms with Gasteiger partial charge in [-0.15, -0.1) is 0 Å². The zero-order valence-electron chi connectivity index (χ0n) is 31.2. The van der Waals surface area contributed by atoms with Crippen LogP contribution in [0.3, 0.4) is 0 Å². The van der Waals surface area contributed by atoms with Gasteiger partial charge in [-0.25, -0.2) is 0 Å². The van der Waals surface area contributed by atoms with Crippen molar-refractivity contribution in [3.05, 3.63) is 233 Å². The van der Waals surface area contributed by atoms with Crippen molar-refractivity contribution in [2.45, 2.75) is 38.1 Å². The molecule has 0 amide bonds. The van der Waals surface area contributed by atoms with Gasteiger partial charge in [0.05, 0.1) is 0 Å². The van der Waals surface area contributed by atoms with E-state index in [1.165, 1.54) is 97.4 Å². The second-order valence-corrected chi connectivity index (χ2v) is 14.8. The summed E-state index contributed by atoms with van der Waals surface area (Å²) in [7, 11) is 0. The number of pyridine rings is 1. The van der Waals surface area contributed by atoms with Crippen LogP contribution in [-0.2, 0) is 0 Å². The molecule has 6 aromatic carbocycles. The summed E-state index contributed by atoms with van der Waals surface area (Å²) in [4.78, 5) is 7.04. The Labute approximate surface area is 325 Å². The van der Waals surface area contributed by atoms with Crippen LogP contribution in [0.4, 0.5) is 11.4 Å². The average molecular weight is 709 g/mol. The van der Waals surface area contributed by atoms with Crippen LogP contribution in [0.25, 0.3) is 34.4 Å². The van der Waals surface area contributed by atoms with Crippen LogP contribution < -0.4 is 4.90 Å². The molecule has 0 radical (unpaired) electrons. The van der Waals surface area contributed by atoms with Crippen LogP contribution in [0.5, 0.6) is 0 Å². The minimum Gasteiger partial charge on any atom is -0.337 e. The first-order valence-electron chi connectivity index (χ1n) is 19.5. The van der Waals surface area contributed by atoms with Gasteiger partial charge in [-0.3, -0.25) is 4.98 Å². The summed E-state index contributed by atoms with van der Waals surface area (Å²) in [6.07, 6.45) is 16.5. The summed E-state index contributed by atoms with van der Waals surface area (Å²) in [5.74, 6) is 0.487. The van der Waals surface area contributed by atoms with Crippen LogP contribution in [0, 0.1) is 6.92 Å². The number of benzene rings is 6. The number of hydrogen-bond acceptors (Lipinski definition) is 2. The van der Waals surface area contributed by atoms with E-state index in [1.54, 1.807) is 0 Å². The van der Waals surface area contributed by atoms with Gasteiger partial charge < -0.3 is 4.90 Å². The largest absolute Gasteiger partial charge is 0.337 e. The standard InChI is InChI=1S/C53H44N2/c1-38-14-11-22-45(34-38)49(43-20-9-4-10-21-43)35-40-36-50(44-30-32-54-33-31-44)53-48-24-13-25-51(48)55(52(53)37-40)46-28-26-39(27-29-46)15-12-23-47(41-16-5-2-6-17-41)42-18-7-3-8-19-42/h2-12,14-23,26-37,48,51H,13,24-25H2,1H3/b15-12+,49-35-. The van der Waals surface area contributed by atoms with Crippen LogP contribution in [0.2, 0.25) is 0 Å². The zero-order chi connectivity index (χ0) is 37.0.